The van der Waals surface area contributed by atoms with Crippen molar-refractivity contribution in [2.45, 2.75) is 37.0 Å². The lowest BCUT2D eigenvalue weighted by Crippen LogP contribution is -2.13. The van der Waals surface area contributed by atoms with E-state index < -0.39 is 17.2 Å². The van der Waals surface area contributed by atoms with E-state index in [1.165, 1.54) is 23.0 Å². The van der Waals surface area contributed by atoms with Crippen LogP contribution in [0.2, 0.25) is 0 Å². The van der Waals surface area contributed by atoms with Crippen LogP contribution in [-0.2, 0) is 17.8 Å². The Labute approximate surface area is 244 Å². The molecule has 2 heterocycles. The minimum atomic E-state index is -1.65. The lowest BCUT2D eigenvalue weighted by atomic mass is 9.95. The van der Waals surface area contributed by atoms with Gasteiger partial charge < -0.3 is 5.11 Å². The highest BCUT2D eigenvalue weighted by molar-refractivity contribution is 7.89. The molecular formula is C31H30FN4O3S2+. The standard InChI is InChI=1S/C30H26FN4O2S2.CH4O/c1-18-5-8-20(9-6-18)22-3-2-4-23(15-22)29-25(13-19-7-12-27(39(32)37)26(31)14-19)28(21-10-11-21)34-35(29)30-33-24(16-36)17-38-30;1-2/h2-9,12,14-17,21,37H,10-11,13,32H2,1H3;2H,1H3/q+1;. The molecule has 7 nitrogen and oxygen atoms in total. The molecule has 0 radical (unpaired) electrons. The first-order valence-corrected chi connectivity index (χ1v) is 15.1. The number of nitrogens with two attached hydrogens (primary N) is 1. The molecule has 1 atom stereocenters. The molecule has 1 unspecified atom stereocenters. The van der Waals surface area contributed by atoms with Crippen LogP contribution in [0, 0.1) is 12.7 Å². The predicted octanol–water partition coefficient (Wildman–Crippen LogP) is 6.32. The molecule has 1 aliphatic rings. The van der Waals surface area contributed by atoms with E-state index in [2.05, 4.69) is 54.4 Å². The van der Waals surface area contributed by atoms with Crippen LogP contribution in [-0.4, -0.2) is 37.8 Å². The first-order valence-electron chi connectivity index (χ1n) is 13.0. The number of hydrogen-bond donors (Lipinski definition) is 3. The molecule has 210 valence electrons. The summed E-state index contributed by atoms with van der Waals surface area (Å²) in [5, 5.41) is 19.9. The van der Waals surface area contributed by atoms with Crippen molar-refractivity contribution >= 4 is 29.0 Å². The molecule has 41 heavy (non-hydrogen) atoms. The van der Waals surface area contributed by atoms with Crippen LogP contribution in [0.1, 0.15) is 51.6 Å². The maximum Gasteiger partial charge on any atom is 0.275 e. The number of aromatic nitrogens is 3. The number of halogens is 1. The predicted molar refractivity (Wildman–Crippen MR) is 162 cm³/mol. The molecule has 10 heteroatoms. The fourth-order valence-corrected chi connectivity index (χ4v) is 6.00. The molecule has 0 bridgehead atoms. The quantitative estimate of drug-likeness (QED) is 0.144. The maximum atomic E-state index is 14.8. The molecule has 1 aliphatic carbocycles. The summed E-state index contributed by atoms with van der Waals surface area (Å²) in [7, 11) is 1.00. The Morgan fingerprint density at radius 1 is 1.07 bits per heavy atom. The Balaban J connectivity index is 0.00000165. The van der Waals surface area contributed by atoms with Crippen molar-refractivity contribution < 1.29 is 18.8 Å². The van der Waals surface area contributed by atoms with Gasteiger partial charge in [-0.2, -0.15) is 9.65 Å². The highest BCUT2D eigenvalue weighted by Gasteiger charge is 2.33. The van der Waals surface area contributed by atoms with Gasteiger partial charge in [-0.25, -0.2) is 14.1 Å². The number of aryl methyl sites for hydroxylation is 1. The third kappa shape index (κ3) is 6.17. The molecule has 4 N–H and O–H groups in total. The summed E-state index contributed by atoms with van der Waals surface area (Å²) in [5.41, 5.74) is 8.30. The highest BCUT2D eigenvalue weighted by Crippen LogP contribution is 2.45. The van der Waals surface area contributed by atoms with E-state index in [9.17, 15) is 13.7 Å². The van der Waals surface area contributed by atoms with E-state index in [1.807, 2.05) is 10.7 Å². The zero-order valence-corrected chi connectivity index (χ0v) is 24.3. The van der Waals surface area contributed by atoms with Gasteiger partial charge in [0.05, 0.1) is 11.4 Å². The highest BCUT2D eigenvalue weighted by atomic mass is 32.2. The first kappa shape index (κ1) is 28.8. The van der Waals surface area contributed by atoms with Gasteiger partial charge in [-0.05, 0) is 48.6 Å². The van der Waals surface area contributed by atoms with Crippen LogP contribution in [0.4, 0.5) is 4.39 Å². The third-order valence-electron chi connectivity index (χ3n) is 6.91. The average molecular weight is 590 g/mol. The normalized spacial score (nSPS) is 13.4. The number of aliphatic hydroxyl groups excluding tert-OH is 1. The van der Waals surface area contributed by atoms with E-state index >= 15 is 0 Å². The first-order chi connectivity index (χ1) is 19.9. The van der Waals surface area contributed by atoms with Crippen molar-refractivity contribution in [2.24, 2.45) is 5.14 Å². The van der Waals surface area contributed by atoms with Crippen molar-refractivity contribution in [1.82, 2.24) is 14.8 Å². The molecule has 1 saturated carbocycles. The van der Waals surface area contributed by atoms with Crippen molar-refractivity contribution in [2.75, 3.05) is 7.11 Å². The fourth-order valence-electron chi connectivity index (χ4n) is 4.81. The zero-order valence-electron chi connectivity index (χ0n) is 22.6. The molecule has 3 aromatic carbocycles. The lowest BCUT2D eigenvalue weighted by molar-refractivity contribution is 0.111. The minimum absolute atomic E-state index is 0.0899. The summed E-state index contributed by atoms with van der Waals surface area (Å²) in [4.78, 5) is 16.0. The van der Waals surface area contributed by atoms with Crippen molar-refractivity contribution in [3.8, 4) is 27.5 Å². The van der Waals surface area contributed by atoms with Gasteiger partial charge >= 0.3 is 0 Å². The van der Waals surface area contributed by atoms with Gasteiger partial charge in [0.15, 0.2) is 12.1 Å². The van der Waals surface area contributed by atoms with Crippen LogP contribution in [0.15, 0.2) is 77.0 Å². The van der Waals surface area contributed by atoms with Gasteiger partial charge in [-0.3, -0.25) is 4.79 Å². The second-order valence-corrected chi connectivity index (χ2v) is 11.7. The number of aliphatic hydroxyl groups is 1. The SMILES string of the molecule is CO.Cc1ccc(-c2cccc(-c3c(Cc4ccc([S+](N)O)c(F)c4)c(C4CC4)nn3-c3nc(C=O)cs3)c2)cc1. The third-order valence-corrected chi connectivity index (χ3v) is 8.53. The van der Waals surface area contributed by atoms with Crippen molar-refractivity contribution in [3.63, 3.8) is 0 Å². The summed E-state index contributed by atoms with van der Waals surface area (Å²) >= 11 is -0.286. The second-order valence-electron chi connectivity index (χ2n) is 9.77. The van der Waals surface area contributed by atoms with Gasteiger partial charge in [0.1, 0.15) is 5.69 Å². The molecule has 2 aromatic heterocycles. The van der Waals surface area contributed by atoms with Crippen LogP contribution < -0.4 is 5.14 Å². The van der Waals surface area contributed by atoms with Gasteiger partial charge in [0, 0.05) is 42.0 Å². The molecule has 0 amide bonds. The molecule has 0 spiro atoms. The number of hydrogen-bond acceptors (Lipinski definition) is 7. The maximum absolute atomic E-state index is 14.8. The molecule has 6 rings (SSSR count). The van der Waals surface area contributed by atoms with Gasteiger partial charge in [-0.15, -0.1) is 16.5 Å². The summed E-state index contributed by atoms with van der Waals surface area (Å²) < 4.78 is 26.3. The largest absolute Gasteiger partial charge is 0.400 e. The Bertz CT molecular complexity index is 1680. The Kier molecular flexibility index (Phi) is 8.77. The van der Waals surface area contributed by atoms with E-state index in [4.69, 9.17) is 15.3 Å². The number of rotatable bonds is 8. The van der Waals surface area contributed by atoms with Crippen LogP contribution in [0.25, 0.3) is 27.5 Å². The van der Waals surface area contributed by atoms with Crippen LogP contribution in [0.5, 0.6) is 0 Å². The monoisotopic (exact) mass is 589 g/mol. The topological polar surface area (TPSA) is 114 Å². The van der Waals surface area contributed by atoms with Crippen molar-refractivity contribution in [1.29, 1.82) is 0 Å². The minimum Gasteiger partial charge on any atom is -0.400 e. The smallest absolute Gasteiger partial charge is 0.275 e. The molecular weight excluding hydrogens is 559 g/mol. The number of nitrogens with zero attached hydrogens (tertiary/aromatic N) is 3. The molecule has 1 fully saturated rings. The van der Waals surface area contributed by atoms with Gasteiger partial charge in [0.25, 0.3) is 11.4 Å². The number of thiazole rings is 1. The molecule has 0 aliphatic heterocycles. The van der Waals surface area contributed by atoms with Crippen LogP contribution in [0.3, 0.4) is 0 Å². The van der Waals surface area contributed by atoms with E-state index in [0.717, 1.165) is 65.4 Å². The number of aldehydes is 1. The Morgan fingerprint density at radius 3 is 2.44 bits per heavy atom. The van der Waals surface area contributed by atoms with Crippen LogP contribution >= 0.6 is 11.3 Å². The van der Waals surface area contributed by atoms with Crippen molar-refractivity contribution in [3.05, 3.63) is 106 Å². The Hall–Kier alpha value is -3.67. The summed E-state index contributed by atoms with van der Waals surface area (Å²) in [6.07, 6.45) is 3.26. The van der Waals surface area contributed by atoms with E-state index in [-0.39, 0.29) is 4.90 Å². The molecule has 5 aromatic rings. The fraction of sp³-hybridized carbons (Fsp3) is 0.194. The zero-order chi connectivity index (χ0) is 29.1. The van der Waals surface area contributed by atoms with E-state index in [0.29, 0.717) is 23.2 Å². The number of benzene rings is 3. The summed E-state index contributed by atoms with van der Waals surface area (Å²) in [6, 6.07) is 21.5. The van der Waals surface area contributed by atoms with Gasteiger partial charge in [0.2, 0.25) is 10.0 Å². The summed E-state index contributed by atoms with van der Waals surface area (Å²) in [6.45, 7) is 2.07. The average Bonchev–Trinajstić information content (AvgIpc) is 3.59. The number of carbonyl (C=O) groups excluding carboxylic acids is 1. The molecule has 0 saturated heterocycles. The van der Waals surface area contributed by atoms with Gasteiger partial charge in [-0.1, -0.05) is 54.1 Å². The Morgan fingerprint density at radius 2 is 1.80 bits per heavy atom. The number of carbonyl (C=O) groups is 1. The lowest BCUT2D eigenvalue weighted by Gasteiger charge is -2.11. The second kappa shape index (κ2) is 12.5. The summed E-state index contributed by atoms with van der Waals surface area (Å²) in [5.74, 6) is -0.207. The van der Waals surface area contributed by atoms with E-state index in [1.54, 1.807) is 17.5 Å².